The first kappa shape index (κ1) is 9.35. The lowest BCUT2D eigenvalue weighted by atomic mass is 10.3. The van der Waals surface area contributed by atoms with Crippen molar-refractivity contribution < 1.29 is 9.53 Å². The van der Waals surface area contributed by atoms with E-state index in [1.807, 2.05) is 13.8 Å². The number of hydrogen-bond acceptors (Lipinski definition) is 4. The standard InChI is InChI=1S/C8H11NO2S/c1-5-8(7(10)4-11-3)12-6(2)9-5/h4H2,1-3H3. The Balaban J connectivity index is 2.87. The summed E-state index contributed by atoms with van der Waals surface area (Å²) in [4.78, 5) is 16.2. The molecule has 0 aliphatic heterocycles. The minimum absolute atomic E-state index is 0.0144. The average Bonchev–Trinajstić information content (AvgIpc) is 2.30. The molecule has 0 aromatic carbocycles. The zero-order valence-electron chi connectivity index (χ0n) is 7.38. The summed E-state index contributed by atoms with van der Waals surface area (Å²) >= 11 is 1.42. The van der Waals surface area contributed by atoms with Gasteiger partial charge in [-0.05, 0) is 13.8 Å². The number of ether oxygens (including phenoxy) is 1. The highest BCUT2D eigenvalue weighted by Gasteiger charge is 2.12. The number of Topliss-reactive ketones (excluding diaryl/α,β-unsaturated/α-hetero) is 1. The van der Waals surface area contributed by atoms with E-state index in [9.17, 15) is 4.79 Å². The minimum atomic E-state index is 0.0144. The summed E-state index contributed by atoms with van der Waals surface area (Å²) in [5.41, 5.74) is 0.805. The lowest BCUT2D eigenvalue weighted by Gasteiger charge is -1.94. The van der Waals surface area contributed by atoms with Gasteiger partial charge in [-0.2, -0.15) is 0 Å². The number of rotatable bonds is 3. The van der Waals surface area contributed by atoms with Crippen LogP contribution in [-0.2, 0) is 4.74 Å². The molecule has 1 heterocycles. The van der Waals surface area contributed by atoms with E-state index in [2.05, 4.69) is 4.98 Å². The normalized spacial score (nSPS) is 10.2. The van der Waals surface area contributed by atoms with Crippen molar-refractivity contribution in [2.75, 3.05) is 13.7 Å². The van der Waals surface area contributed by atoms with Crippen LogP contribution in [0.2, 0.25) is 0 Å². The molecule has 4 heteroatoms. The second kappa shape index (κ2) is 3.78. The van der Waals surface area contributed by atoms with Gasteiger partial charge >= 0.3 is 0 Å². The smallest absolute Gasteiger partial charge is 0.200 e. The summed E-state index contributed by atoms with van der Waals surface area (Å²) in [6.07, 6.45) is 0. The lowest BCUT2D eigenvalue weighted by molar-refractivity contribution is 0.0851. The molecule has 1 rings (SSSR count). The van der Waals surface area contributed by atoms with Crippen LogP contribution in [0.3, 0.4) is 0 Å². The summed E-state index contributed by atoms with van der Waals surface area (Å²) in [6, 6.07) is 0. The number of carbonyl (C=O) groups is 1. The summed E-state index contributed by atoms with van der Waals surface area (Å²) in [6.45, 7) is 3.87. The Hall–Kier alpha value is -0.740. The highest BCUT2D eigenvalue weighted by Crippen LogP contribution is 2.17. The van der Waals surface area contributed by atoms with Crippen molar-refractivity contribution in [3.63, 3.8) is 0 Å². The Morgan fingerprint density at radius 1 is 1.58 bits per heavy atom. The molecule has 3 nitrogen and oxygen atoms in total. The molecule has 0 spiro atoms. The van der Waals surface area contributed by atoms with Gasteiger partial charge in [-0.25, -0.2) is 4.98 Å². The molecule has 0 fully saturated rings. The van der Waals surface area contributed by atoms with Crippen LogP contribution in [0.15, 0.2) is 0 Å². The summed E-state index contributed by atoms with van der Waals surface area (Å²) < 4.78 is 4.75. The predicted octanol–water partition coefficient (Wildman–Crippen LogP) is 1.59. The average molecular weight is 185 g/mol. The maximum absolute atomic E-state index is 11.3. The SMILES string of the molecule is COCC(=O)c1sc(C)nc1C. The molecule has 0 aliphatic rings. The van der Waals surface area contributed by atoms with Crippen LogP contribution < -0.4 is 0 Å². The highest BCUT2D eigenvalue weighted by molar-refractivity contribution is 7.13. The minimum Gasteiger partial charge on any atom is -0.376 e. The van der Waals surface area contributed by atoms with Gasteiger partial charge in [0.2, 0.25) is 0 Å². The van der Waals surface area contributed by atoms with E-state index in [1.165, 1.54) is 18.4 Å². The number of methoxy groups -OCH3 is 1. The number of aromatic nitrogens is 1. The van der Waals surface area contributed by atoms with Crippen LogP contribution in [0, 0.1) is 13.8 Å². The van der Waals surface area contributed by atoms with Gasteiger partial charge < -0.3 is 4.74 Å². The van der Waals surface area contributed by atoms with Crippen LogP contribution in [0.5, 0.6) is 0 Å². The molecule has 0 unspecified atom stereocenters. The Morgan fingerprint density at radius 3 is 2.67 bits per heavy atom. The molecule has 0 radical (unpaired) electrons. The number of nitrogens with zero attached hydrogens (tertiary/aromatic N) is 1. The monoisotopic (exact) mass is 185 g/mol. The first-order valence-corrected chi connectivity index (χ1v) is 4.43. The second-order valence-electron chi connectivity index (χ2n) is 2.50. The van der Waals surface area contributed by atoms with E-state index in [-0.39, 0.29) is 12.4 Å². The number of aryl methyl sites for hydroxylation is 2. The van der Waals surface area contributed by atoms with Crippen molar-refractivity contribution in [3.05, 3.63) is 15.6 Å². The molecule has 12 heavy (non-hydrogen) atoms. The van der Waals surface area contributed by atoms with Gasteiger partial charge in [0.15, 0.2) is 5.78 Å². The van der Waals surface area contributed by atoms with Gasteiger partial charge in [0.25, 0.3) is 0 Å². The van der Waals surface area contributed by atoms with Crippen molar-refractivity contribution in [2.24, 2.45) is 0 Å². The fourth-order valence-electron chi connectivity index (χ4n) is 0.987. The topological polar surface area (TPSA) is 39.2 Å². The Morgan fingerprint density at radius 2 is 2.25 bits per heavy atom. The second-order valence-corrected chi connectivity index (χ2v) is 3.71. The molecule has 0 atom stereocenters. The van der Waals surface area contributed by atoms with E-state index in [1.54, 1.807) is 0 Å². The van der Waals surface area contributed by atoms with Gasteiger partial charge in [-0.1, -0.05) is 0 Å². The molecule has 0 saturated heterocycles. The molecule has 0 N–H and O–H groups in total. The fraction of sp³-hybridized carbons (Fsp3) is 0.500. The van der Waals surface area contributed by atoms with Crippen molar-refractivity contribution in [3.8, 4) is 0 Å². The molecule has 0 amide bonds. The molecular formula is C8H11NO2S. The third-order valence-electron chi connectivity index (χ3n) is 1.43. The van der Waals surface area contributed by atoms with Crippen molar-refractivity contribution >= 4 is 17.1 Å². The molecule has 1 aromatic heterocycles. The van der Waals surface area contributed by atoms with Gasteiger partial charge in [-0.15, -0.1) is 11.3 Å². The van der Waals surface area contributed by atoms with E-state index < -0.39 is 0 Å². The third-order valence-corrected chi connectivity index (χ3v) is 2.55. The van der Waals surface area contributed by atoms with Crippen LogP contribution in [-0.4, -0.2) is 24.5 Å². The summed E-state index contributed by atoms with van der Waals surface area (Å²) in [7, 11) is 1.52. The first-order valence-electron chi connectivity index (χ1n) is 3.61. The fourth-order valence-corrected chi connectivity index (χ4v) is 1.83. The third kappa shape index (κ3) is 1.89. The van der Waals surface area contributed by atoms with Crippen LogP contribution in [0.1, 0.15) is 20.4 Å². The maximum atomic E-state index is 11.3. The van der Waals surface area contributed by atoms with E-state index >= 15 is 0 Å². The number of hydrogen-bond donors (Lipinski definition) is 0. The van der Waals surface area contributed by atoms with Gasteiger partial charge in [0.1, 0.15) is 6.61 Å². The zero-order valence-corrected chi connectivity index (χ0v) is 8.20. The van der Waals surface area contributed by atoms with Crippen LogP contribution in [0.25, 0.3) is 0 Å². The number of carbonyl (C=O) groups excluding carboxylic acids is 1. The number of ketones is 1. The molecule has 0 bridgehead atoms. The van der Waals surface area contributed by atoms with Crippen molar-refractivity contribution in [2.45, 2.75) is 13.8 Å². The van der Waals surface area contributed by atoms with Crippen molar-refractivity contribution in [1.29, 1.82) is 0 Å². The van der Waals surface area contributed by atoms with Crippen LogP contribution in [0.4, 0.5) is 0 Å². The Bertz CT molecular complexity index is 293. The van der Waals surface area contributed by atoms with Gasteiger partial charge in [0.05, 0.1) is 15.6 Å². The predicted molar refractivity (Wildman–Crippen MR) is 47.8 cm³/mol. The quantitative estimate of drug-likeness (QED) is 0.671. The lowest BCUT2D eigenvalue weighted by Crippen LogP contribution is -2.06. The van der Waals surface area contributed by atoms with E-state index in [0.29, 0.717) is 4.88 Å². The zero-order chi connectivity index (χ0) is 9.14. The summed E-state index contributed by atoms with van der Waals surface area (Å²) in [5.74, 6) is 0.0144. The van der Waals surface area contributed by atoms with Gasteiger partial charge in [-0.3, -0.25) is 4.79 Å². The number of thiazole rings is 1. The molecular weight excluding hydrogens is 174 g/mol. The highest BCUT2D eigenvalue weighted by atomic mass is 32.1. The van der Waals surface area contributed by atoms with Gasteiger partial charge in [0, 0.05) is 7.11 Å². The Labute approximate surface area is 75.4 Å². The van der Waals surface area contributed by atoms with Crippen LogP contribution >= 0.6 is 11.3 Å². The Kier molecular flexibility index (Phi) is 2.94. The largest absolute Gasteiger partial charge is 0.376 e. The molecule has 1 aromatic rings. The molecule has 0 saturated carbocycles. The van der Waals surface area contributed by atoms with E-state index in [0.717, 1.165) is 10.7 Å². The molecule has 0 aliphatic carbocycles. The summed E-state index contributed by atoms with van der Waals surface area (Å²) in [5, 5.41) is 0.923. The molecule has 66 valence electrons. The maximum Gasteiger partial charge on any atom is 0.200 e. The first-order chi connectivity index (χ1) is 5.65. The van der Waals surface area contributed by atoms with E-state index in [4.69, 9.17) is 4.74 Å². The van der Waals surface area contributed by atoms with Crippen molar-refractivity contribution in [1.82, 2.24) is 4.98 Å².